The van der Waals surface area contributed by atoms with E-state index in [1.54, 1.807) is 0 Å². The van der Waals surface area contributed by atoms with Crippen molar-refractivity contribution in [3.63, 3.8) is 0 Å². The Bertz CT molecular complexity index is 457. The molecule has 1 unspecified atom stereocenters. The van der Waals surface area contributed by atoms with Crippen LogP contribution in [0.4, 0.5) is 0 Å². The second-order valence-electron chi connectivity index (χ2n) is 4.89. The van der Waals surface area contributed by atoms with Gasteiger partial charge in [0.2, 0.25) is 0 Å². The van der Waals surface area contributed by atoms with Gasteiger partial charge in [-0.2, -0.15) is 0 Å². The summed E-state index contributed by atoms with van der Waals surface area (Å²) in [5.74, 6) is 1.43. The maximum absolute atomic E-state index is 6.21. The van der Waals surface area contributed by atoms with E-state index in [-0.39, 0.29) is 12.4 Å². The van der Waals surface area contributed by atoms with Crippen LogP contribution in [-0.2, 0) is 6.54 Å². The number of ether oxygens (including phenoxy) is 2. The molecule has 0 aromatic heterocycles. The maximum atomic E-state index is 6.21. The minimum Gasteiger partial charge on any atom is -0.486 e. The van der Waals surface area contributed by atoms with Crippen molar-refractivity contribution in [2.45, 2.75) is 19.0 Å². The van der Waals surface area contributed by atoms with Gasteiger partial charge >= 0.3 is 0 Å². The van der Waals surface area contributed by atoms with Gasteiger partial charge in [-0.1, -0.05) is 11.6 Å². The molecule has 4 nitrogen and oxygen atoms in total. The molecule has 1 atom stereocenters. The summed E-state index contributed by atoms with van der Waals surface area (Å²) in [6.07, 6.45) is 1.07. The number of nitrogens with two attached hydrogens (primary N) is 1. The average molecular weight is 305 g/mol. The normalized spacial score (nSPS) is 22.1. The van der Waals surface area contributed by atoms with Gasteiger partial charge in [-0.25, -0.2) is 0 Å². The van der Waals surface area contributed by atoms with Gasteiger partial charge in [0.05, 0.1) is 5.02 Å². The summed E-state index contributed by atoms with van der Waals surface area (Å²) in [5, 5.41) is 0.630. The van der Waals surface area contributed by atoms with E-state index in [9.17, 15) is 0 Å². The van der Waals surface area contributed by atoms with Crippen molar-refractivity contribution in [3.05, 3.63) is 22.7 Å². The number of benzene rings is 1. The highest BCUT2D eigenvalue weighted by atomic mass is 35.5. The first-order chi connectivity index (χ1) is 8.72. The summed E-state index contributed by atoms with van der Waals surface area (Å²) < 4.78 is 11.1. The zero-order chi connectivity index (χ0) is 12.5. The van der Waals surface area contributed by atoms with Gasteiger partial charge in [-0.05, 0) is 24.1 Å². The average Bonchev–Trinajstić information content (AvgIpc) is 2.75. The minimum absolute atomic E-state index is 0. The zero-order valence-corrected chi connectivity index (χ0v) is 12.2. The summed E-state index contributed by atoms with van der Waals surface area (Å²) >= 11 is 6.21. The maximum Gasteiger partial charge on any atom is 0.179 e. The van der Waals surface area contributed by atoms with Gasteiger partial charge in [0.15, 0.2) is 11.5 Å². The molecule has 1 aromatic rings. The summed E-state index contributed by atoms with van der Waals surface area (Å²) in [7, 11) is 0. The lowest BCUT2D eigenvalue weighted by molar-refractivity contribution is 0.171. The third-order valence-corrected chi connectivity index (χ3v) is 3.65. The molecule has 1 saturated heterocycles. The molecule has 2 aliphatic rings. The quantitative estimate of drug-likeness (QED) is 0.908. The van der Waals surface area contributed by atoms with Crippen molar-refractivity contribution >= 4 is 24.0 Å². The zero-order valence-electron chi connectivity index (χ0n) is 10.6. The number of halogens is 2. The molecule has 0 radical (unpaired) electrons. The van der Waals surface area contributed by atoms with Gasteiger partial charge in [0, 0.05) is 25.7 Å². The first kappa shape index (κ1) is 14.7. The van der Waals surface area contributed by atoms with Gasteiger partial charge in [0.25, 0.3) is 0 Å². The largest absolute Gasteiger partial charge is 0.486 e. The van der Waals surface area contributed by atoms with Crippen molar-refractivity contribution in [2.24, 2.45) is 5.73 Å². The number of fused-ring (bicyclic) bond motifs is 1. The molecule has 2 aliphatic heterocycles. The molecule has 0 bridgehead atoms. The van der Waals surface area contributed by atoms with E-state index >= 15 is 0 Å². The lowest BCUT2D eigenvalue weighted by atomic mass is 10.2. The standard InChI is InChI=1S/C13H17ClN2O2.ClH/c14-11-5-9(7-16-2-1-10(15)8-16)6-12-13(11)18-4-3-17-12;/h5-6,10H,1-4,7-8,15H2;1H. The van der Waals surface area contributed by atoms with Crippen LogP contribution in [0, 0.1) is 0 Å². The molecule has 2 heterocycles. The highest BCUT2D eigenvalue weighted by Crippen LogP contribution is 2.38. The Morgan fingerprint density at radius 1 is 1.32 bits per heavy atom. The minimum atomic E-state index is 0. The van der Waals surface area contributed by atoms with E-state index in [2.05, 4.69) is 4.90 Å². The molecule has 1 fully saturated rings. The summed E-state index contributed by atoms with van der Waals surface area (Å²) in [5.41, 5.74) is 7.06. The molecule has 0 spiro atoms. The second-order valence-corrected chi connectivity index (χ2v) is 5.29. The van der Waals surface area contributed by atoms with Crippen molar-refractivity contribution in [3.8, 4) is 11.5 Å². The predicted octanol–water partition coefficient (Wildman–Crippen LogP) is 2.07. The fourth-order valence-corrected chi connectivity index (χ4v) is 2.81. The van der Waals surface area contributed by atoms with Crippen LogP contribution in [0.3, 0.4) is 0 Å². The highest BCUT2D eigenvalue weighted by Gasteiger charge is 2.21. The number of nitrogens with zero attached hydrogens (tertiary/aromatic N) is 1. The van der Waals surface area contributed by atoms with E-state index in [1.807, 2.05) is 12.1 Å². The lowest BCUT2D eigenvalue weighted by Gasteiger charge is -2.22. The van der Waals surface area contributed by atoms with E-state index < -0.39 is 0 Å². The van der Waals surface area contributed by atoms with Crippen LogP contribution in [0.1, 0.15) is 12.0 Å². The van der Waals surface area contributed by atoms with Crippen LogP contribution in [0.2, 0.25) is 5.02 Å². The fraction of sp³-hybridized carbons (Fsp3) is 0.538. The van der Waals surface area contributed by atoms with Crippen LogP contribution in [-0.4, -0.2) is 37.2 Å². The molecular formula is C13H18Cl2N2O2. The van der Waals surface area contributed by atoms with E-state index in [0.717, 1.165) is 37.4 Å². The van der Waals surface area contributed by atoms with Crippen LogP contribution < -0.4 is 15.2 Å². The van der Waals surface area contributed by atoms with Crippen LogP contribution in [0.15, 0.2) is 12.1 Å². The van der Waals surface area contributed by atoms with Crippen LogP contribution in [0.25, 0.3) is 0 Å². The van der Waals surface area contributed by atoms with E-state index in [4.69, 9.17) is 26.8 Å². The smallest absolute Gasteiger partial charge is 0.179 e. The molecule has 0 amide bonds. The summed E-state index contributed by atoms with van der Waals surface area (Å²) in [6, 6.07) is 4.28. The molecule has 1 aromatic carbocycles. The van der Waals surface area contributed by atoms with Gasteiger partial charge in [-0.15, -0.1) is 12.4 Å². The van der Waals surface area contributed by atoms with E-state index in [0.29, 0.717) is 30.0 Å². The number of rotatable bonds is 2. The van der Waals surface area contributed by atoms with Crippen molar-refractivity contribution < 1.29 is 9.47 Å². The predicted molar refractivity (Wildman–Crippen MR) is 77.6 cm³/mol. The fourth-order valence-electron chi connectivity index (χ4n) is 2.52. The molecule has 2 N–H and O–H groups in total. The molecule has 3 rings (SSSR count). The third kappa shape index (κ3) is 3.26. The van der Waals surface area contributed by atoms with Crippen molar-refractivity contribution in [1.82, 2.24) is 4.90 Å². The first-order valence-electron chi connectivity index (χ1n) is 6.28. The Balaban J connectivity index is 0.00000133. The van der Waals surface area contributed by atoms with E-state index in [1.165, 1.54) is 0 Å². The van der Waals surface area contributed by atoms with Gasteiger partial charge < -0.3 is 15.2 Å². The molecule has 6 heteroatoms. The summed E-state index contributed by atoms with van der Waals surface area (Å²) in [6.45, 7) is 4.01. The third-order valence-electron chi connectivity index (χ3n) is 3.37. The Hall–Kier alpha value is -0.680. The topological polar surface area (TPSA) is 47.7 Å². The van der Waals surface area contributed by atoms with Crippen molar-refractivity contribution in [1.29, 1.82) is 0 Å². The second kappa shape index (κ2) is 6.18. The van der Waals surface area contributed by atoms with Crippen molar-refractivity contribution in [2.75, 3.05) is 26.3 Å². The lowest BCUT2D eigenvalue weighted by Crippen LogP contribution is -2.26. The molecule has 19 heavy (non-hydrogen) atoms. The molecule has 0 saturated carbocycles. The number of hydrogen-bond acceptors (Lipinski definition) is 4. The molecule has 0 aliphatic carbocycles. The highest BCUT2D eigenvalue weighted by molar-refractivity contribution is 6.32. The summed E-state index contributed by atoms with van der Waals surface area (Å²) in [4.78, 5) is 2.34. The molecular weight excluding hydrogens is 287 g/mol. The Labute approximate surface area is 124 Å². The monoisotopic (exact) mass is 304 g/mol. The Kier molecular flexibility index (Phi) is 4.79. The van der Waals surface area contributed by atoms with Gasteiger partial charge in [0.1, 0.15) is 13.2 Å². The Morgan fingerprint density at radius 2 is 2.11 bits per heavy atom. The number of likely N-dealkylation sites (tertiary alicyclic amines) is 1. The van der Waals surface area contributed by atoms with Crippen LogP contribution >= 0.6 is 24.0 Å². The van der Waals surface area contributed by atoms with Crippen LogP contribution in [0.5, 0.6) is 11.5 Å². The van der Waals surface area contributed by atoms with Gasteiger partial charge in [-0.3, -0.25) is 4.90 Å². The Morgan fingerprint density at radius 3 is 2.84 bits per heavy atom. The number of hydrogen-bond donors (Lipinski definition) is 1. The molecule has 106 valence electrons. The SMILES string of the molecule is Cl.NC1CCN(Cc2cc(Cl)c3c(c2)OCCO3)C1. The first-order valence-corrected chi connectivity index (χ1v) is 6.66.